The van der Waals surface area contributed by atoms with Crippen molar-refractivity contribution in [2.75, 3.05) is 17.2 Å². The van der Waals surface area contributed by atoms with Crippen molar-refractivity contribution in [3.63, 3.8) is 0 Å². The number of nitrogens with zero attached hydrogens (tertiary/aromatic N) is 2. The average molecular weight is 290 g/mol. The van der Waals surface area contributed by atoms with Gasteiger partial charge in [-0.3, -0.25) is 0 Å². The minimum Gasteiger partial charge on any atom is -0.370 e. The molecule has 1 aliphatic rings. The van der Waals surface area contributed by atoms with Gasteiger partial charge < -0.3 is 10.6 Å². The van der Waals surface area contributed by atoms with Crippen LogP contribution in [0.5, 0.6) is 0 Å². The minimum atomic E-state index is 0.551. The fraction of sp³-hybridized carbons (Fsp3) is 0.765. The molecular formula is C17H30N4. The molecule has 1 aromatic heterocycles. The van der Waals surface area contributed by atoms with E-state index in [1.807, 2.05) is 6.07 Å². The number of hydrogen-bond donors (Lipinski definition) is 2. The van der Waals surface area contributed by atoms with E-state index in [4.69, 9.17) is 0 Å². The molecule has 21 heavy (non-hydrogen) atoms. The summed E-state index contributed by atoms with van der Waals surface area (Å²) in [6, 6.07) is 2.60. The van der Waals surface area contributed by atoms with Crippen LogP contribution < -0.4 is 10.6 Å². The maximum absolute atomic E-state index is 4.68. The molecule has 3 atom stereocenters. The Bertz CT molecular complexity index is 422. The van der Waals surface area contributed by atoms with Gasteiger partial charge in [-0.05, 0) is 44.4 Å². The third-order valence-corrected chi connectivity index (χ3v) is 4.55. The summed E-state index contributed by atoms with van der Waals surface area (Å²) in [5.41, 5.74) is 0. The van der Waals surface area contributed by atoms with Gasteiger partial charge in [0.15, 0.2) is 0 Å². The molecule has 1 saturated carbocycles. The van der Waals surface area contributed by atoms with Crippen molar-refractivity contribution in [2.45, 2.75) is 65.8 Å². The van der Waals surface area contributed by atoms with Crippen LogP contribution in [-0.2, 0) is 6.42 Å². The van der Waals surface area contributed by atoms with Crippen molar-refractivity contribution < 1.29 is 0 Å². The van der Waals surface area contributed by atoms with Gasteiger partial charge in [0.25, 0.3) is 0 Å². The lowest BCUT2D eigenvalue weighted by Crippen LogP contribution is -2.30. The van der Waals surface area contributed by atoms with E-state index in [1.54, 1.807) is 0 Å². The van der Waals surface area contributed by atoms with Crippen LogP contribution in [0.4, 0.5) is 11.6 Å². The molecule has 0 saturated heterocycles. The quantitative estimate of drug-likeness (QED) is 0.828. The highest BCUT2D eigenvalue weighted by atomic mass is 15.1. The van der Waals surface area contributed by atoms with E-state index in [0.29, 0.717) is 6.04 Å². The first-order chi connectivity index (χ1) is 10.1. The summed E-state index contributed by atoms with van der Waals surface area (Å²) >= 11 is 0. The van der Waals surface area contributed by atoms with E-state index >= 15 is 0 Å². The Morgan fingerprint density at radius 3 is 2.52 bits per heavy atom. The van der Waals surface area contributed by atoms with Crippen LogP contribution in [0, 0.1) is 11.8 Å². The molecule has 4 nitrogen and oxygen atoms in total. The van der Waals surface area contributed by atoms with E-state index in [0.717, 1.165) is 48.7 Å². The topological polar surface area (TPSA) is 49.8 Å². The summed E-state index contributed by atoms with van der Waals surface area (Å²) < 4.78 is 0. The van der Waals surface area contributed by atoms with Crippen LogP contribution in [0.2, 0.25) is 0 Å². The molecule has 1 aliphatic carbocycles. The van der Waals surface area contributed by atoms with Gasteiger partial charge in [-0.15, -0.1) is 0 Å². The molecule has 0 aliphatic heterocycles. The second-order valence-electron chi connectivity index (χ2n) is 6.44. The third-order valence-electron chi connectivity index (χ3n) is 4.55. The smallest absolute Gasteiger partial charge is 0.133 e. The lowest BCUT2D eigenvalue weighted by atomic mass is 9.79. The summed E-state index contributed by atoms with van der Waals surface area (Å²) in [6.07, 6.45) is 5.81. The second-order valence-corrected chi connectivity index (χ2v) is 6.44. The minimum absolute atomic E-state index is 0.551. The zero-order valence-corrected chi connectivity index (χ0v) is 13.9. The third kappa shape index (κ3) is 4.58. The van der Waals surface area contributed by atoms with Crippen molar-refractivity contribution in [3.05, 3.63) is 11.9 Å². The number of hydrogen-bond acceptors (Lipinski definition) is 4. The summed E-state index contributed by atoms with van der Waals surface area (Å²) in [4.78, 5) is 9.25. The van der Waals surface area contributed by atoms with Gasteiger partial charge in [-0.2, -0.15) is 0 Å². The monoisotopic (exact) mass is 290 g/mol. The SMILES string of the molecule is CCCc1nc(NCC)cc(NC2CCC(C)C(C)C2)n1. The Labute approximate surface area is 129 Å². The molecule has 2 rings (SSSR count). The Hall–Kier alpha value is -1.32. The maximum Gasteiger partial charge on any atom is 0.133 e. The van der Waals surface area contributed by atoms with Crippen molar-refractivity contribution >= 4 is 11.6 Å². The molecule has 1 fully saturated rings. The molecule has 0 spiro atoms. The highest BCUT2D eigenvalue weighted by Gasteiger charge is 2.24. The van der Waals surface area contributed by atoms with Crippen LogP contribution >= 0.6 is 0 Å². The van der Waals surface area contributed by atoms with Gasteiger partial charge in [-0.1, -0.05) is 20.8 Å². The van der Waals surface area contributed by atoms with Crippen LogP contribution in [0.25, 0.3) is 0 Å². The number of anilines is 2. The Morgan fingerprint density at radius 1 is 1.10 bits per heavy atom. The molecule has 1 aromatic rings. The van der Waals surface area contributed by atoms with Crippen molar-refractivity contribution in [2.24, 2.45) is 11.8 Å². The number of aryl methyl sites for hydroxylation is 1. The molecule has 0 bridgehead atoms. The Kier molecular flexibility index (Phi) is 5.83. The van der Waals surface area contributed by atoms with E-state index in [-0.39, 0.29) is 0 Å². The second kappa shape index (κ2) is 7.62. The summed E-state index contributed by atoms with van der Waals surface area (Å²) in [5.74, 6) is 4.50. The molecule has 1 heterocycles. The highest BCUT2D eigenvalue weighted by molar-refractivity contribution is 5.48. The predicted molar refractivity (Wildman–Crippen MR) is 89.8 cm³/mol. The zero-order chi connectivity index (χ0) is 15.2. The summed E-state index contributed by atoms with van der Waals surface area (Å²) in [7, 11) is 0. The van der Waals surface area contributed by atoms with E-state index < -0.39 is 0 Å². The van der Waals surface area contributed by atoms with Crippen molar-refractivity contribution in [1.29, 1.82) is 0 Å². The molecular weight excluding hydrogens is 260 g/mol. The molecule has 0 radical (unpaired) electrons. The van der Waals surface area contributed by atoms with Crippen LogP contribution in [-0.4, -0.2) is 22.6 Å². The van der Waals surface area contributed by atoms with Gasteiger partial charge >= 0.3 is 0 Å². The largest absolute Gasteiger partial charge is 0.370 e. The normalized spacial score (nSPS) is 25.6. The van der Waals surface area contributed by atoms with Crippen molar-refractivity contribution in [1.82, 2.24) is 9.97 Å². The van der Waals surface area contributed by atoms with Crippen LogP contribution in [0.15, 0.2) is 6.07 Å². The van der Waals surface area contributed by atoms with Gasteiger partial charge in [0.2, 0.25) is 0 Å². The standard InChI is InChI=1S/C17H30N4/c1-5-7-15-20-16(18-6-2)11-17(21-15)19-14-9-8-12(3)13(4)10-14/h11-14H,5-10H2,1-4H3,(H2,18,19,20,21). The Morgan fingerprint density at radius 2 is 1.86 bits per heavy atom. The molecule has 118 valence electrons. The first kappa shape index (κ1) is 16.1. The first-order valence-corrected chi connectivity index (χ1v) is 8.50. The fourth-order valence-corrected chi connectivity index (χ4v) is 3.07. The molecule has 0 amide bonds. The number of aromatic nitrogens is 2. The number of rotatable bonds is 6. The summed E-state index contributed by atoms with van der Waals surface area (Å²) in [6.45, 7) is 9.89. The van der Waals surface area contributed by atoms with E-state index in [2.05, 4.69) is 48.3 Å². The Balaban J connectivity index is 2.07. The lowest BCUT2D eigenvalue weighted by Gasteiger charge is -2.32. The number of nitrogens with one attached hydrogen (secondary N) is 2. The van der Waals surface area contributed by atoms with Gasteiger partial charge in [0, 0.05) is 25.1 Å². The van der Waals surface area contributed by atoms with Gasteiger partial charge in [0.1, 0.15) is 17.5 Å². The highest BCUT2D eigenvalue weighted by Crippen LogP contribution is 2.31. The zero-order valence-electron chi connectivity index (χ0n) is 13.9. The van der Waals surface area contributed by atoms with Crippen molar-refractivity contribution in [3.8, 4) is 0 Å². The molecule has 0 aromatic carbocycles. The van der Waals surface area contributed by atoms with Crippen LogP contribution in [0.3, 0.4) is 0 Å². The maximum atomic E-state index is 4.68. The summed E-state index contributed by atoms with van der Waals surface area (Å²) in [5, 5.41) is 6.95. The molecule has 4 heteroatoms. The predicted octanol–water partition coefficient (Wildman–Crippen LogP) is 4.10. The molecule has 3 unspecified atom stereocenters. The van der Waals surface area contributed by atoms with E-state index in [9.17, 15) is 0 Å². The fourth-order valence-electron chi connectivity index (χ4n) is 3.07. The first-order valence-electron chi connectivity index (χ1n) is 8.50. The van der Waals surface area contributed by atoms with E-state index in [1.165, 1.54) is 19.3 Å². The van der Waals surface area contributed by atoms with Gasteiger partial charge in [0.05, 0.1) is 0 Å². The van der Waals surface area contributed by atoms with Gasteiger partial charge in [-0.25, -0.2) is 9.97 Å². The van der Waals surface area contributed by atoms with Crippen LogP contribution in [0.1, 0.15) is 59.2 Å². The average Bonchev–Trinajstić information content (AvgIpc) is 2.43. The molecule has 2 N–H and O–H groups in total. The lowest BCUT2D eigenvalue weighted by molar-refractivity contribution is 0.260.